The van der Waals surface area contributed by atoms with Gasteiger partial charge in [-0.15, -0.1) is 0 Å². The number of amides is 3. The second-order valence-electron chi connectivity index (χ2n) is 8.24. The molecule has 1 fully saturated rings. The molecule has 1 N–H and O–H groups in total. The summed E-state index contributed by atoms with van der Waals surface area (Å²) < 4.78 is 0. The van der Waals surface area contributed by atoms with Crippen LogP contribution in [0.5, 0.6) is 0 Å². The molecule has 7 heteroatoms. The first kappa shape index (κ1) is 20.7. The second kappa shape index (κ2) is 8.37. The van der Waals surface area contributed by atoms with E-state index in [4.69, 9.17) is 11.6 Å². The average molecular weight is 449 g/mol. The smallest absolute Gasteiger partial charge is 0.261 e. The zero-order valence-corrected chi connectivity index (χ0v) is 18.3. The maximum atomic E-state index is 13.0. The van der Waals surface area contributed by atoms with Gasteiger partial charge in [-0.1, -0.05) is 48.0 Å². The molecule has 2 aliphatic heterocycles. The Kier molecular flexibility index (Phi) is 5.41. The maximum Gasteiger partial charge on any atom is 0.261 e. The first-order chi connectivity index (χ1) is 15.5. The summed E-state index contributed by atoms with van der Waals surface area (Å²) in [6, 6.07) is 18.2. The van der Waals surface area contributed by atoms with E-state index in [0.717, 1.165) is 23.9 Å². The summed E-state index contributed by atoms with van der Waals surface area (Å²) in [5, 5.41) is 2.12. The molecular weight excluding hydrogens is 426 g/mol. The van der Waals surface area contributed by atoms with Crippen LogP contribution in [0.15, 0.2) is 60.7 Å². The van der Waals surface area contributed by atoms with Crippen molar-refractivity contribution >= 4 is 40.1 Å². The van der Waals surface area contributed by atoms with Crippen molar-refractivity contribution in [3.05, 3.63) is 82.4 Å². The molecule has 0 unspecified atom stereocenters. The van der Waals surface area contributed by atoms with Crippen molar-refractivity contribution in [3.63, 3.8) is 0 Å². The van der Waals surface area contributed by atoms with Gasteiger partial charge >= 0.3 is 0 Å². The first-order valence-corrected chi connectivity index (χ1v) is 11.2. The number of nitrogens with one attached hydrogen (secondary N) is 1. The number of nitrogens with zero attached hydrogens (tertiary/aromatic N) is 2. The van der Waals surface area contributed by atoms with Crippen molar-refractivity contribution in [1.29, 1.82) is 0 Å². The van der Waals surface area contributed by atoms with E-state index in [1.54, 1.807) is 24.3 Å². The van der Waals surface area contributed by atoms with E-state index in [0.29, 0.717) is 47.9 Å². The molecule has 0 saturated carbocycles. The van der Waals surface area contributed by atoms with Crippen LogP contribution in [0.4, 0.5) is 0 Å². The van der Waals surface area contributed by atoms with Crippen molar-refractivity contribution in [2.24, 2.45) is 0 Å². The number of piperazine rings is 1. The van der Waals surface area contributed by atoms with Gasteiger partial charge in [0, 0.05) is 16.5 Å². The average Bonchev–Trinajstić information content (AvgIpc) is 2.82. The number of hydrogen-bond acceptors (Lipinski definition) is 3. The number of benzene rings is 3. The normalized spacial score (nSPS) is 16.7. The lowest BCUT2D eigenvalue weighted by Crippen LogP contribution is -3.15. The summed E-state index contributed by atoms with van der Waals surface area (Å²) in [4.78, 5) is 43.3. The lowest BCUT2D eigenvalue weighted by Gasteiger charge is -2.34. The van der Waals surface area contributed by atoms with Crippen LogP contribution in [0.25, 0.3) is 10.8 Å². The van der Waals surface area contributed by atoms with Crippen LogP contribution in [0, 0.1) is 0 Å². The zero-order chi connectivity index (χ0) is 22.2. The molecule has 0 aliphatic carbocycles. The molecule has 2 heterocycles. The number of imide groups is 1. The number of hydrogen-bond donors (Lipinski definition) is 1. The molecule has 0 aromatic heterocycles. The third-order valence-electron chi connectivity index (χ3n) is 6.41. The van der Waals surface area contributed by atoms with Gasteiger partial charge in [-0.05, 0) is 29.7 Å². The minimum absolute atomic E-state index is 0.0549. The predicted octanol–water partition coefficient (Wildman–Crippen LogP) is 2.13. The fraction of sp³-hybridized carbons (Fsp3) is 0.240. The number of carbonyl (C=O) groups is 3. The Balaban J connectivity index is 1.23. The molecule has 0 spiro atoms. The van der Waals surface area contributed by atoms with Gasteiger partial charge in [-0.3, -0.25) is 19.3 Å². The molecule has 0 atom stereocenters. The van der Waals surface area contributed by atoms with Gasteiger partial charge < -0.3 is 9.80 Å². The largest absolute Gasteiger partial charge is 0.331 e. The summed E-state index contributed by atoms with van der Waals surface area (Å²) in [6.45, 7) is 3.77. The second-order valence-corrected chi connectivity index (χ2v) is 8.65. The van der Waals surface area contributed by atoms with E-state index in [9.17, 15) is 14.4 Å². The summed E-state index contributed by atoms with van der Waals surface area (Å²) in [7, 11) is 0. The maximum absolute atomic E-state index is 13.0. The fourth-order valence-corrected chi connectivity index (χ4v) is 4.85. The summed E-state index contributed by atoms with van der Waals surface area (Å²) in [5.74, 6) is -0.516. The number of quaternary nitrogens is 1. The first-order valence-electron chi connectivity index (χ1n) is 10.8. The summed E-state index contributed by atoms with van der Waals surface area (Å²) >= 11 is 6.17. The molecule has 162 valence electrons. The standard InChI is InChI=1S/C25H22ClN3O3/c26-21-10-2-1-7-18(21)23(30)28-14-11-27(12-15-28)13-16-29-24(31)19-8-3-5-17-6-4-9-20(22(17)19)25(29)32/h1-10H,11-16H2/p+1. The van der Waals surface area contributed by atoms with Crippen LogP contribution >= 0.6 is 11.6 Å². The quantitative estimate of drug-likeness (QED) is 0.622. The summed E-state index contributed by atoms with van der Waals surface area (Å²) in [6.07, 6.45) is 0. The monoisotopic (exact) mass is 448 g/mol. The molecular formula is C25H23ClN3O3+. The highest BCUT2D eigenvalue weighted by molar-refractivity contribution is 6.33. The minimum Gasteiger partial charge on any atom is -0.331 e. The Morgan fingerprint density at radius 3 is 2.12 bits per heavy atom. The molecule has 0 bridgehead atoms. The molecule has 3 aromatic rings. The highest BCUT2D eigenvalue weighted by Crippen LogP contribution is 2.29. The number of rotatable bonds is 4. The van der Waals surface area contributed by atoms with Crippen LogP contribution in [-0.4, -0.2) is 66.8 Å². The van der Waals surface area contributed by atoms with E-state index in [1.165, 1.54) is 9.80 Å². The van der Waals surface area contributed by atoms with Gasteiger partial charge in [-0.25, -0.2) is 0 Å². The minimum atomic E-state index is -0.230. The van der Waals surface area contributed by atoms with Crippen molar-refractivity contribution in [1.82, 2.24) is 9.80 Å². The summed E-state index contributed by atoms with van der Waals surface area (Å²) in [5.41, 5.74) is 1.70. The van der Waals surface area contributed by atoms with E-state index < -0.39 is 0 Å². The van der Waals surface area contributed by atoms with Crippen LogP contribution in [0.2, 0.25) is 5.02 Å². The molecule has 32 heavy (non-hydrogen) atoms. The van der Waals surface area contributed by atoms with Crippen molar-refractivity contribution in [2.75, 3.05) is 39.3 Å². The van der Waals surface area contributed by atoms with Crippen LogP contribution < -0.4 is 4.90 Å². The van der Waals surface area contributed by atoms with Gasteiger partial charge in [0.15, 0.2) is 0 Å². The van der Waals surface area contributed by atoms with E-state index in [-0.39, 0.29) is 17.7 Å². The van der Waals surface area contributed by atoms with Crippen molar-refractivity contribution in [3.8, 4) is 0 Å². The van der Waals surface area contributed by atoms with Crippen LogP contribution in [0.1, 0.15) is 31.1 Å². The topological polar surface area (TPSA) is 62.1 Å². The molecule has 3 amide bonds. The van der Waals surface area contributed by atoms with Gasteiger partial charge in [0.05, 0.1) is 49.9 Å². The van der Waals surface area contributed by atoms with Gasteiger partial charge in [-0.2, -0.15) is 0 Å². The zero-order valence-electron chi connectivity index (χ0n) is 17.5. The lowest BCUT2D eigenvalue weighted by molar-refractivity contribution is -0.903. The van der Waals surface area contributed by atoms with Gasteiger partial charge in [0.2, 0.25) is 0 Å². The van der Waals surface area contributed by atoms with Gasteiger partial charge in [0.25, 0.3) is 17.7 Å². The van der Waals surface area contributed by atoms with Crippen LogP contribution in [-0.2, 0) is 0 Å². The Hall–Kier alpha value is -3.22. The molecule has 0 radical (unpaired) electrons. The van der Waals surface area contributed by atoms with Crippen molar-refractivity contribution in [2.45, 2.75) is 0 Å². The lowest BCUT2D eigenvalue weighted by atomic mass is 9.94. The van der Waals surface area contributed by atoms with E-state index in [2.05, 4.69) is 0 Å². The third-order valence-corrected chi connectivity index (χ3v) is 6.74. The molecule has 2 aliphatic rings. The highest BCUT2D eigenvalue weighted by atomic mass is 35.5. The Morgan fingerprint density at radius 2 is 1.50 bits per heavy atom. The highest BCUT2D eigenvalue weighted by Gasteiger charge is 2.34. The Morgan fingerprint density at radius 1 is 0.875 bits per heavy atom. The van der Waals surface area contributed by atoms with Crippen LogP contribution in [0.3, 0.4) is 0 Å². The third kappa shape index (κ3) is 3.55. The van der Waals surface area contributed by atoms with Crippen molar-refractivity contribution < 1.29 is 19.3 Å². The molecule has 1 saturated heterocycles. The molecule has 3 aromatic carbocycles. The predicted molar refractivity (Wildman–Crippen MR) is 122 cm³/mol. The fourth-order valence-electron chi connectivity index (χ4n) is 4.63. The number of halogens is 1. The molecule has 5 rings (SSSR count). The molecule has 6 nitrogen and oxygen atoms in total. The SMILES string of the molecule is O=C(c1ccccc1Cl)N1CC[NH+](CCN2C(=O)c3cccc4cccc(c34)C2=O)CC1. The van der Waals surface area contributed by atoms with Gasteiger partial charge in [0.1, 0.15) is 0 Å². The van der Waals surface area contributed by atoms with E-state index >= 15 is 0 Å². The Labute approximate surface area is 191 Å². The van der Waals surface area contributed by atoms with E-state index in [1.807, 2.05) is 41.3 Å². The number of carbonyl (C=O) groups excluding carboxylic acids is 3. The Bertz CT molecular complexity index is 1180.